The van der Waals surface area contributed by atoms with E-state index in [9.17, 15) is 13.2 Å². The van der Waals surface area contributed by atoms with Gasteiger partial charge in [0.2, 0.25) is 0 Å². The second-order valence-electron chi connectivity index (χ2n) is 6.98. The number of benzene rings is 1. The van der Waals surface area contributed by atoms with E-state index in [-0.39, 0.29) is 17.8 Å². The van der Waals surface area contributed by atoms with Crippen LogP contribution in [0.25, 0.3) is 16.6 Å². The fourth-order valence-corrected chi connectivity index (χ4v) is 4.19. The molecule has 1 aliphatic carbocycles. The standard InChI is InChI=1S/C21H18BrF3N2O/c1-11-9-14(3-6-15(11)23)21-27(2)18(19(22)28-21)13-5-7-16-12(10-13)4-8-17(26-16)20(24)25/h3-11,15,20-21H,1-2H3. The summed E-state index contributed by atoms with van der Waals surface area (Å²) < 4.78 is 46.0. The Hall–Kier alpha value is -2.28. The molecule has 146 valence electrons. The highest BCUT2D eigenvalue weighted by Gasteiger charge is 2.34. The van der Waals surface area contributed by atoms with Crippen LogP contribution in [0.4, 0.5) is 13.2 Å². The van der Waals surface area contributed by atoms with Crippen LogP contribution in [0.3, 0.4) is 0 Å². The van der Waals surface area contributed by atoms with Gasteiger partial charge in [-0.25, -0.2) is 18.2 Å². The molecule has 3 unspecified atom stereocenters. The van der Waals surface area contributed by atoms with Crippen LogP contribution in [0, 0.1) is 5.92 Å². The van der Waals surface area contributed by atoms with Gasteiger partial charge in [-0.15, -0.1) is 0 Å². The highest BCUT2D eigenvalue weighted by Crippen LogP contribution is 2.40. The largest absolute Gasteiger partial charge is 0.457 e. The minimum Gasteiger partial charge on any atom is -0.457 e. The van der Waals surface area contributed by atoms with E-state index in [4.69, 9.17) is 4.74 Å². The molecule has 0 radical (unpaired) electrons. The number of pyridine rings is 1. The molecule has 0 spiro atoms. The molecular formula is C21H18BrF3N2O. The van der Waals surface area contributed by atoms with Gasteiger partial charge in [0.15, 0.2) is 10.9 Å². The topological polar surface area (TPSA) is 25.4 Å². The Kier molecular flexibility index (Phi) is 4.95. The summed E-state index contributed by atoms with van der Waals surface area (Å²) >= 11 is 3.49. The molecule has 1 aromatic carbocycles. The van der Waals surface area contributed by atoms with Crippen molar-refractivity contribution in [1.82, 2.24) is 9.88 Å². The predicted octanol–water partition coefficient (Wildman–Crippen LogP) is 5.95. The number of hydrogen-bond acceptors (Lipinski definition) is 3. The minimum atomic E-state index is -2.60. The van der Waals surface area contributed by atoms with E-state index in [1.165, 1.54) is 6.07 Å². The summed E-state index contributed by atoms with van der Waals surface area (Å²) in [7, 11) is 1.90. The predicted molar refractivity (Wildman–Crippen MR) is 106 cm³/mol. The van der Waals surface area contributed by atoms with Gasteiger partial charge in [-0.2, -0.15) is 0 Å². The van der Waals surface area contributed by atoms with Crippen molar-refractivity contribution in [3.8, 4) is 0 Å². The number of halogens is 4. The monoisotopic (exact) mass is 450 g/mol. The maximum Gasteiger partial charge on any atom is 0.280 e. The van der Waals surface area contributed by atoms with Crippen LogP contribution >= 0.6 is 15.9 Å². The summed E-state index contributed by atoms with van der Waals surface area (Å²) in [6.07, 6.45) is 1.23. The zero-order valence-corrected chi connectivity index (χ0v) is 16.8. The molecule has 0 saturated heterocycles. The van der Waals surface area contributed by atoms with Crippen molar-refractivity contribution in [3.63, 3.8) is 0 Å². The smallest absolute Gasteiger partial charge is 0.280 e. The lowest BCUT2D eigenvalue weighted by molar-refractivity contribution is 0.106. The summed E-state index contributed by atoms with van der Waals surface area (Å²) in [5, 5.41) is 0.761. The first-order chi connectivity index (χ1) is 13.3. The van der Waals surface area contributed by atoms with Crippen LogP contribution in [-0.2, 0) is 4.74 Å². The van der Waals surface area contributed by atoms with E-state index in [0.29, 0.717) is 10.2 Å². The van der Waals surface area contributed by atoms with E-state index >= 15 is 0 Å². The number of aromatic nitrogens is 1. The van der Waals surface area contributed by atoms with Gasteiger partial charge in [-0.05, 0) is 40.2 Å². The quantitative estimate of drug-likeness (QED) is 0.577. The average molecular weight is 451 g/mol. The van der Waals surface area contributed by atoms with E-state index in [1.54, 1.807) is 24.3 Å². The molecule has 7 heteroatoms. The van der Waals surface area contributed by atoms with Crippen LogP contribution in [0.2, 0.25) is 0 Å². The van der Waals surface area contributed by atoms with Gasteiger partial charge >= 0.3 is 0 Å². The lowest BCUT2D eigenvalue weighted by Crippen LogP contribution is -2.30. The molecule has 1 aromatic heterocycles. The zero-order chi connectivity index (χ0) is 20.0. The molecule has 2 heterocycles. The normalized spacial score (nSPS) is 24.9. The molecule has 0 bridgehead atoms. The summed E-state index contributed by atoms with van der Waals surface area (Å²) in [5.74, 6) is -0.212. The third kappa shape index (κ3) is 3.32. The molecule has 0 N–H and O–H groups in total. The molecular weight excluding hydrogens is 433 g/mol. The summed E-state index contributed by atoms with van der Waals surface area (Å²) in [4.78, 5) is 5.97. The Bertz CT molecular complexity index is 1020. The van der Waals surface area contributed by atoms with Gasteiger partial charge in [-0.3, -0.25) is 0 Å². The van der Waals surface area contributed by atoms with Gasteiger partial charge in [0.1, 0.15) is 11.9 Å². The van der Waals surface area contributed by atoms with Crippen molar-refractivity contribution in [2.24, 2.45) is 5.92 Å². The van der Waals surface area contributed by atoms with Crippen molar-refractivity contribution in [2.75, 3.05) is 7.05 Å². The van der Waals surface area contributed by atoms with Crippen LogP contribution in [0.15, 0.2) is 58.8 Å². The van der Waals surface area contributed by atoms with Crippen molar-refractivity contribution >= 4 is 32.5 Å². The van der Waals surface area contributed by atoms with Crippen LogP contribution in [0.1, 0.15) is 24.6 Å². The summed E-state index contributed by atoms with van der Waals surface area (Å²) in [6.45, 7) is 1.83. The van der Waals surface area contributed by atoms with Gasteiger partial charge in [-0.1, -0.05) is 31.2 Å². The second-order valence-corrected chi connectivity index (χ2v) is 7.70. The fraction of sp³-hybridized carbons (Fsp3) is 0.286. The average Bonchev–Trinajstić information content (AvgIpc) is 2.97. The van der Waals surface area contributed by atoms with Crippen LogP contribution in [0.5, 0.6) is 0 Å². The van der Waals surface area contributed by atoms with Crippen LogP contribution < -0.4 is 0 Å². The minimum absolute atomic E-state index is 0.212. The number of alkyl halides is 3. The van der Waals surface area contributed by atoms with Crippen LogP contribution in [-0.4, -0.2) is 29.3 Å². The van der Waals surface area contributed by atoms with Crippen molar-refractivity contribution in [1.29, 1.82) is 0 Å². The summed E-state index contributed by atoms with van der Waals surface area (Å²) in [5.41, 5.74) is 2.86. The van der Waals surface area contributed by atoms with Gasteiger partial charge in [0, 0.05) is 29.5 Å². The number of ether oxygens (including phenoxy) is 1. The van der Waals surface area contributed by atoms with Gasteiger partial charge in [0.25, 0.3) is 6.43 Å². The molecule has 28 heavy (non-hydrogen) atoms. The third-order valence-electron chi connectivity index (χ3n) is 5.03. The molecule has 0 fully saturated rings. The molecule has 2 aromatic rings. The maximum atomic E-state index is 13.7. The second kappa shape index (κ2) is 7.28. The Morgan fingerprint density at radius 3 is 2.71 bits per heavy atom. The highest BCUT2D eigenvalue weighted by molar-refractivity contribution is 9.11. The first-order valence-electron chi connectivity index (χ1n) is 8.87. The number of fused-ring (bicyclic) bond motifs is 1. The molecule has 0 saturated carbocycles. The Morgan fingerprint density at radius 2 is 2.00 bits per heavy atom. The fourth-order valence-electron chi connectivity index (χ4n) is 3.50. The maximum absolute atomic E-state index is 13.7. The molecule has 1 aliphatic heterocycles. The number of rotatable bonds is 3. The molecule has 4 rings (SSSR count). The number of nitrogens with zero attached hydrogens (tertiary/aromatic N) is 2. The van der Waals surface area contributed by atoms with Crippen molar-refractivity contribution in [2.45, 2.75) is 25.7 Å². The Balaban J connectivity index is 1.65. The van der Waals surface area contributed by atoms with E-state index in [0.717, 1.165) is 22.2 Å². The summed E-state index contributed by atoms with van der Waals surface area (Å²) in [6, 6.07) is 8.42. The zero-order valence-electron chi connectivity index (χ0n) is 15.2. The number of hydrogen-bond donors (Lipinski definition) is 0. The Morgan fingerprint density at radius 1 is 1.21 bits per heavy atom. The highest BCUT2D eigenvalue weighted by atomic mass is 79.9. The van der Waals surface area contributed by atoms with Crippen molar-refractivity contribution in [3.05, 3.63) is 70.1 Å². The first-order valence-corrected chi connectivity index (χ1v) is 9.67. The molecule has 3 atom stereocenters. The SMILES string of the molecule is CC1C=C(C2OC(Br)=C(c3ccc4nc(C(F)F)ccc4c3)N2C)C=CC1F. The van der Waals surface area contributed by atoms with Gasteiger partial charge < -0.3 is 9.64 Å². The number of allylic oxidation sites excluding steroid dienone is 2. The van der Waals surface area contributed by atoms with E-state index in [1.807, 2.05) is 37.1 Å². The van der Waals surface area contributed by atoms with E-state index in [2.05, 4.69) is 20.9 Å². The number of likely N-dealkylation sites (N-methyl/N-ethyl adjacent to an activating group) is 1. The Labute approximate surface area is 169 Å². The first kappa shape index (κ1) is 19.1. The third-order valence-corrected chi connectivity index (χ3v) is 5.59. The van der Waals surface area contributed by atoms with Crippen molar-refractivity contribution < 1.29 is 17.9 Å². The lowest BCUT2D eigenvalue weighted by Gasteiger charge is -2.27. The van der Waals surface area contributed by atoms with E-state index < -0.39 is 12.6 Å². The molecule has 2 aliphatic rings. The molecule has 0 amide bonds. The molecule has 3 nitrogen and oxygen atoms in total. The lowest BCUT2D eigenvalue weighted by atomic mass is 9.95. The van der Waals surface area contributed by atoms with Gasteiger partial charge in [0.05, 0.1) is 11.2 Å².